The molecule has 7 nitrogen and oxygen atoms in total. The summed E-state index contributed by atoms with van der Waals surface area (Å²) < 4.78 is 27.2. The van der Waals surface area contributed by atoms with Crippen LogP contribution in [0.4, 0.5) is 4.39 Å². The number of carbonyl (C=O) groups is 1. The van der Waals surface area contributed by atoms with Crippen molar-refractivity contribution in [3.05, 3.63) is 68.1 Å². The fourth-order valence-electron chi connectivity index (χ4n) is 6.31. The fourth-order valence-corrected chi connectivity index (χ4v) is 8.15. The largest absolute Gasteiger partial charge is 0.478 e. The molecule has 2 saturated carbocycles. The quantitative estimate of drug-likeness (QED) is 0.221. The lowest BCUT2D eigenvalue weighted by Gasteiger charge is -2.41. The molecule has 0 saturated heterocycles. The van der Waals surface area contributed by atoms with Crippen LogP contribution in [0.25, 0.3) is 21.5 Å². The summed E-state index contributed by atoms with van der Waals surface area (Å²) in [5.74, 6) is -1.38. The average molecular weight is 606 g/mol. The Morgan fingerprint density at radius 3 is 2.52 bits per heavy atom. The van der Waals surface area contributed by atoms with Crippen LogP contribution in [0.15, 0.2) is 34.9 Å². The maximum absolute atomic E-state index is 14.7. The van der Waals surface area contributed by atoms with Crippen LogP contribution in [0, 0.1) is 17.7 Å². The second kappa shape index (κ2) is 10.4. The third-order valence-corrected chi connectivity index (χ3v) is 10.0. The van der Waals surface area contributed by atoms with Crippen LogP contribution in [0.3, 0.4) is 0 Å². The first-order valence-corrected chi connectivity index (χ1v) is 14.8. The minimum atomic E-state index is -1.21. The number of rotatable bonds is 7. The van der Waals surface area contributed by atoms with Gasteiger partial charge in [-0.25, -0.2) is 14.2 Å². The van der Waals surface area contributed by atoms with Gasteiger partial charge in [-0.2, -0.15) is 0 Å². The number of thiazole rings is 1. The van der Waals surface area contributed by atoms with Gasteiger partial charge in [-0.05, 0) is 61.8 Å². The highest BCUT2D eigenvalue weighted by Gasteiger charge is 2.56. The van der Waals surface area contributed by atoms with Gasteiger partial charge in [-0.15, -0.1) is 11.3 Å². The minimum absolute atomic E-state index is 0.0646. The summed E-state index contributed by atoms with van der Waals surface area (Å²) >= 11 is 14.1. The highest BCUT2D eigenvalue weighted by Crippen LogP contribution is 2.57. The van der Waals surface area contributed by atoms with Crippen molar-refractivity contribution in [3.63, 3.8) is 0 Å². The summed E-state index contributed by atoms with van der Waals surface area (Å²) in [6, 6.07) is 7.67. The van der Waals surface area contributed by atoms with Gasteiger partial charge in [0, 0.05) is 17.0 Å². The maximum Gasteiger partial charge on any atom is 0.335 e. The number of benzene rings is 2. The van der Waals surface area contributed by atoms with Gasteiger partial charge in [0.25, 0.3) is 0 Å². The number of ether oxygens (including phenoxy) is 1. The molecule has 210 valence electrons. The molecule has 6 rings (SSSR count). The Balaban J connectivity index is 1.25. The van der Waals surface area contributed by atoms with Crippen LogP contribution in [-0.2, 0) is 16.9 Å². The molecule has 2 heterocycles. The van der Waals surface area contributed by atoms with E-state index in [1.807, 2.05) is 13.8 Å². The van der Waals surface area contributed by atoms with E-state index >= 15 is 0 Å². The Kier molecular flexibility index (Phi) is 7.15. The first-order valence-electron chi connectivity index (χ1n) is 13.2. The van der Waals surface area contributed by atoms with Gasteiger partial charge < -0.3 is 19.5 Å². The molecule has 2 bridgehead atoms. The molecule has 4 aromatic rings. The molecule has 2 aromatic carbocycles. The smallest absolute Gasteiger partial charge is 0.335 e. The first kappa shape index (κ1) is 27.6. The highest BCUT2D eigenvalue weighted by molar-refractivity contribution is 7.18. The van der Waals surface area contributed by atoms with Gasteiger partial charge in [0.15, 0.2) is 5.82 Å². The molecule has 2 aliphatic carbocycles. The summed E-state index contributed by atoms with van der Waals surface area (Å²) in [6.07, 6.45) is 2.69. The number of aliphatic hydroxyl groups is 1. The van der Waals surface area contributed by atoms with Crippen molar-refractivity contribution >= 4 is 50.7 Å². The van der Waals surface area contributed by atoms with Crippen molar-refractivity contribution in [1.29, 1.82) is 0 Å². The van der Waals surface area contributed by atoms with Crippen LogP contribution >= 0.6 is 34.5 Å². The number of hydrogen-bond acceptors (Lipinski definition) is 7. The van der Waals surface area contributed by atoms with Crippen molar-refractivity contribution in [2.24, 2.45) is 11.8 Å². The third kappa shape index (κ3) is 4.52. The van der Waals surface area contributed by atoms with Crippen LogP contribution in [-0.4, -0.2) is 32.4 Å². The molecule has 2 aromatic heterocycles. The van der Waals surface area contributed by atoms with Crippen LogP contribution in [0.2, 0.25) is 10.0 Å². The summed E-state index contributed by atoms with van der Waals surface area (Å²) in [5.41, 5.74) is 0.707. The first-order chi connectivity index (χ1) is 19.1. The lowest BCUT2D eigenvalue weighted by Crippen LogP contribution is -2.44. The highest BCUT2D eigenvalue weighted by atomic mass is 35.5. The normalized spacial score (nSPS) is 24.3. The van der Waals surface area contributed by atoms with Gasteiger partial charge in [-0.3, -0.25) is 0 Å². The number of halogens is 3. The van der Waals surface area contributed by atoms with Gasteiger partial charge >= 0.3 is 5.97 Å². The Bertz CT molecular complexity index is 1590. The zero-order valence-electron chi connectivity index (χ0n) is 21.8. The molecule has 0 radical (unpaired) electrons. The molecule has 0 amide bonds. The minimum Gasteiger partial charge on any atom is -0.478 e. The van der Waals surface area contributed by atoms with Crippen molar-refractivity contribution in [3.8, 4) is 11.3 Å². The predicted octanol–water partition coefficient (Wildman–Crippen LogP) is 7.81. The molecule has 40 heavy (non-hydrogen) atoms. The molecular weight excluding hydrogens is 578 g/mol. The number of nitrogens with zero attached hydrogens (tertiary/aromatic N) is 2. The maximum atomic E-state index is 14.7. The van der Waals surface area contributed by atoms with Crippen LogP contribution in [0.5, 0.6) is 0 Å². The summed E-state index contributed by atoms with van der Waals surface area (Å²) in [4.78, 5) is 15.9. The number of fused-ring (bicyclic) bond motifs is 3. The lowest BCUT2D eigenvalue weighted by molar-refractivity contribution is -0.116. The molecule has 2 unspecified atom stereocenters. The third-order valence-electron chi connectivity index (χ3n) is 8.25. The molecule has 2 fully saturated rings. The number of aromatic nitrogens is 2. The van der Waals surface area contributed by atoms with E-state index in [1.165, 1.54) is 6.07 Å². The molecule has 0 spiro atoms. The topological polar surface area (TPSA) is 106 Å². The predicted molar refractivity (Wildman–Crippen MR) is 151 cm³/mol. The van der Waals surface area contributed by atoms with E-state index in [0.717, 1.165) is 35.8 Å². The van der Waals surface area contributed by atoms with Crippen molar-refractivity contribution in [1.82, 2.24) is 10.1 Å². The molecule has 4 atom stereocenters. The van der Waals surface area contributed by atoms with E-state index in [9.17, 15) is 19.4 Å². The van der Waals surface area contributed by atoms with E-state index < -0.39 is 17.4 Å². The molecule has 2 aliphatic rings. The van der Waals surface area contributed by atoms with E-state index in [-0.39, 0.29) is 41.5 Å². The Morgan fingerprint density at radius 2 is 1.90 bits per heavy atom. The van der Waals surface area contributed by atoms with E-state index in [1.54, 1.807) is 18.2 Å². The van der Waals surface area contributed by atoms with Gasteiger partial charge in [0.05, 0.1) is 33.0 Å². The Morgan fingerprint density at radius 1 is 1.23 bits per heavy atom. The van der Waals surface area contributed by atoms with Crippen LogP contribution in [0.1, 0.15) is 72.1 Å². The standard InChI is InChI=1S/C29H27Cl2FN2O5S/c1-13(2)26-18(24(34-39-26)23-19(30)4-3-5-20(23)31)12-38-17-10-15-6-7-16(11-17)29(15,37)28-33-25-21(32)8-14(27(35)36)9-22(25)40-28/h3-5,8-9,13,15-17,37H,6-7,10-12H2,1-2H3,(H,35,36)/t15-,16+,17?,29?. The summed E-state index contributed by atoms with van der Waals surface area (Å²) in [5, 5.41) is 26.9. The second-order valence-electron chi connectivity index (χ2n) is 11.0. The second-order valence-corrected chi connectivity index (χ2v) is 12.8. The van der Waals surface area contributed by atoms with E-state index in [4.69, 9.17) is 32.5 Å². The number of hydrogen-bond donors (Lipinski definition) is 2. The molecular formula is C29H27Cl2FN2O5S. The van der Waals surface area contributed by atoms with Gasteiger partial charge in [0.1, 0.15) is 27.6 Å². The number of carboxylic acid groups (broad SMARTS) is 1. The average Bonchev–Trinajstić information content (AvgIpc) is 3.55. The van der Waals surface area contributed by atoms with Gasteiger partial charge in [-0.1, -0.05) is 48.3 Å². The Labute approximate surface area is 243 Å². The molecule has 2 N–H and O–H groups in total. The van der Waals surface area contributed by atoms with Crippen molar-refractivity contribution in [2.45, 2.75) is 63.8 Å². The van der Waals surface area contributed by atoms with Crippen LogP contribution < -0.4 is 0 Å². The lowest BCUT2D eigenvalue weighted by atomic mass is 9.73. The van der Waals surface area contributed by atoms with Gasteiger partial charge in [0.2, 0.25) is 0 Å². The zero-order valence-corrected chi connectivity index (χ0v) is 24.1. The Hall–Kier alpha value is -2.56. The zero-order chi connectivity index (χ0) is 28.3. The SMILES string of the molecule is CC(C)c1onc(-c2c(Cl)cccc2Cl)c1COC1C[C@H]2CC[C@@H](C1)C2(O)c1nc2c(F)cc(C(=O)O)cc2s1. The fraction of sp³-hybridized carbons (Fsp3) is 0.414. The number of aromatic carboxylic acids is 1. The number of carboxylic acids is 1. The van der Waals surface area contributed by atoms with E-state index in [0.29, 0.717) is 49.6 Å². The van der Waals surface area contributed by atoms with Crippen molar-refractivity contribution < 1.29 is 28.7 Å². The monoisotopic (exact) mass is 604 g/mol. The summed E-state index contributed by atoms with van der Waals surface area (Å²) in [6.45, 7) is 4.28. The van der Waals surface area contributed by atoms with E-state index in [2.05, 4.69) is 10.1 Å². The van der Waals surface area contributed by atoms with Crippen molar-refractivity contribution in [2.75, 3.05) is 0 Å². The summed E-state index contributed by atoms with van der Waals surface area (Å²) in [7, 11) is 0. The molecule has 11 heteroatoms. The molecule has 0 aliphatic heterocycles.